The monoisotopic (exact) mass is 932 g/mol. The number of carboxylic acids is 2. The average Bonchev–Trinajstić information content (AvgIpc) is 2.81. The van der Waals surface area contributed by atoms with Crippen LogP contribution in [0.4, 0.5) is 0 Å². The Bertz CT molecular complexity index is 1520. The van der Waals surface area contributed by atoms with Crippen LogP contribution in [0.1, 0.15) is 13.8 Å². The van der Waals surface area contributed by atoms with Gasteiger partial charge in [-0.25, -0.2) is 19.4 Å². The first-order valence-corrected chi connectivity index (χ1v) is 25.4. The van der Waals surface area contributed by atoms with Gasteiger partial charge in [0.25, 0.3) is 0 Å². The Kier molecular flexibility index (Phi) is 16.4. The lowest BCUT2D eigenvalue weighted by Crippen LogP contribution is -2.62. The summed E-state index contributed by atoms with van der Waals surface area (Å²) in [6, 6.07) is 0. The van der Waals surface area contributed by atoms with Crippen molar-refractivity contribution in [2.75, 3.05) is 13.1 Å². The number of ether oxygens (including phenoxy) is 2. The molecule has 0 aliphatic carbocycles. The fourth-order valence-corrected chi connectivity index (χ4v) is 17.1. The Morgan fingerprint density at radius 1 is 0.462 bits per heavy atom. The third-order valence-electron chi connectivity index (χ3n) is 6.04. The second-order valence-electron chi connectivity index (χ2n) is 9.70. The van der Waals surface area contributed by atoms with Gasteiger partial charge < -0.3 is 98.0 Å². The number of aliphatic carboxylic acids is 2. The van der Waals surface area contributed by atoms with E-state index in [-0.39, 0.29) is 0 Å². The van der Waals surface area contributed by atoms with Crippen LogP contribution in [0.3, 0.4) is 0 Å². The van der Waals surface area contributed by atoms with Crippen molar-refractivity contribution in [3.05, 3.63) is 0 Å². The maximum absolute atomic E-state index is 12.8. The Morgan fingerprint density at radius 2 is 0.635 bits per heavy atom. The molecule has 0 radical (unpaired) electrons. The highest BCUT2D eigenvalue weighted by Gasteiger charge is 2.75. The van der Waals surface area contributed by atoms with Crippen LogP contribution in [0.25, 0.3) is 0 Å². The van der Waals surface area contributed by atoms with Crippen molar-refractivity contribution in [1.82, 2.24) is 9.80 Å². The van der Waals surface area contributed by atoms with Crippen LogP contribution < -0.4 is 0 Å². The maximum atomic E-state index is 12.8. The van der Waals surface area contributed by atoms with E-state index in [2.05, 4.69) is 9.47 Å². The summed E-state index contributed by atoms with van der Waals surface area (Å²) >= 11 is 0. The molecule has 310 valence electrons. The van der Waals surface area contributed by atoms with E-state index in [0.717, 1.165) is 0 Å². The first kappa shape index (κ1) is 52.0. The number of carbonyl (C=O) groups is 2. The van der Waals surface area contributed by atoms with Crippen LogP contribution >= 0.6 is 60.8 Å². The number of carboxylic acid groups (broad SMARTS) is 2. The van der Waals surface area contributed by atoms with E-state index < -0.39 is 129 Å². The average molecular weight is 932 g/mol. The fourth-order valence-electron chi connectivity index (χ4n) is 4.40. The second-order valence-corrected chi connectivity index (χ2v) is 24.7. The number of rotatable bonds is 21. The molecule has 0 aromatic heterocycles. The Morgan fingerprint density at radius 3 is 0.731 bits per heavy atom. The highest BCUT2D eigenvalue weighted by Crippen LogP contribution is 2.77. The number of hydrogen-bond acceptors (Lipinski definition) is 14. The SMILES string of the molecule is CCN(C(P(=O)(O)O)P(=O)(O)O)C(OC(C(=O)O)C(OC(N(CC)C(P(=O)(O)O)P(=O)(O)O)(P(=O)(O)O)P(=O)(O)O)C(=O)O)(P(=O)(O)O)P(=O)(O)O. The molecule has 0 saturated carbocycles. The van der Waals surface area contributed by atoms with Gasteiger partial charge >= 0.3 is 83.1 Å². The van der Waals surface area contributed by atoms with Crippen LogP contribution in [0, 0.1) is 0 Å². The summed E-state index contributed by atoms with van der Waals surface area (Å²) in [6.07, 6.45) is -8.83. The minimum Gasteiger partial charge on any atom is -0.479 e. The maximum Gasteiger partial charge on any atom is 0.385 e. The van der Waals surface area contributed by atoms with Crippen molar-refractivity contribution in [2.45, 2.75) is 47.5 Å². The van der Waals surface area contributed by atoms with Gasteiger partial charge in [0, 0.05) is 13.1 Å². The lowest BCUT2D eigenvalue weighted by Gasteiger charge is -2.48. The lowest BCUT2D eigenvalue weighted by atomic mass is 10.2. The normalized spacial score (nSPS) is 16.5. The van der Waals surface area contributed by atoms with Gasteiger partial charge in [-0.15, -0.1) is 0 Å². The molecule has 18 N–H and O–H groups in total. The lowest BCUT2D eigenvalue weighted by molar-refractivity contribution is -0.209. The molecule has 0 saturated heterocycles. The zero-order valence-corrected chi connectivity index (χ0v) is 32.3. The van der Waals surface area contributed by atoms with Gasteiger partial charge in [0.05, 0.1) is 0 Å². The van der Waals surface area contributed by atoms with Crippen molar-refractivity contribution in [3.8, 4) is 0 Å². The molecular formula is C12H32N2O30P8. The van der Waals surface area contributed by atoms with Crippen LogP contribution in [0.2, 0.25) is 0 Å². The Labute approximate surface area is 287 Å². The van der Waals surface area contributed by atoms with Gasteiger partial charge in [0.1, 0.15) is 0 Å². The number of hydrogen-bond donors (Lipinski definition) is 18. The molecule has 0 spiro atoms. The summed E-state index contributed by atoms with van der Waals surface area (Å²) in [7, 11) is -56.6. The highest BCUT2D eigenvalue weighted by atomic mass is 31.3. The van der Waals surface area contributed by atoms with Crippen molar-refractivity contribution in [3.63, 3.8) is 0 Å². The van der Waals surface area contributed by atoms with Crippen molar-refractivity contribution in [1.29, 1.82) is 0 Å². The van der Waals surface area contributed by atoms with Gasteiger partial charge in [-0.05, 0) is 0 Å². The summed E-state index contributed by atoms with van der Waals surface area (Å²) in [4.78, 5) is 180. The van der Waals surface area contributed by atoms with Crippen molar-refractivity contribution < 1.29 is 144 Å². The van der Waals surface area contributed by atoms with E-state index in [1.165, 1.54) is 0 Å². The topological polar surface area (TPSA) is 560 Å². The molecule has 2 unspecified atom stereocenters. The molecular weight excluding hydrogens is 900 g/mol. The van der Waals surface area contributed by atoms with E-state index in [1.54, 1.807) is 0 Å². The van der Waals surface area contributed by atoms with Crippen LogP contribution in [0.5, 0.6) is 0 Å². The predicted molar refractivity (Wildman–Crippen MR) is 159 cm³/mol. The van der Waals surface area contributed by atoms with Gasteiger partial charge in [0.15, 0.2) is 12.2 Å². The summed E-state index contributed by atoms with van der Waals surface area (Å²) in [5.74, 6) is -6.51. The van der Waals surface area contributed by atoms with Crippen molar-refractivity contribution in [2.24, 2.45) is 0 Å². The molecule has 0 rings (SSSR count). The zero-order chi connectivity index (χ0) is 42.4. The minimum absolute atomic E-state index is 0.360. The second kappa shape index (κ2) is 16.5. The van der Waals surface area contributed by atoms with Gasteiger partial charge in [0.2, 0.25) is 11.0 Å². The smallest absolute Gasteiger partial charge is 0.385 e. The molecule has 0 bridgehead atoms. The first-order chi connectivity index (χ1) is 22.5. The molecule has 0 aromatic rings. The Hall–Kier alpha value is -0.0200. The third kappa shape index (κ3) is 10.7. The molecule has 0 heterocycles. The number of nitrogens with zero attached hydrogens (tertiary/aromatic N) is 2. The molecule has 32 nitrogen and oxygen atoms in total. The van der Waals surface area contributed by atoms with E-state index in [0.29, 0.717) is 13.8 Å². The van der Waals surface area contributed by atoms with Crippen LogP contribution in [0.15, 0.2) is 0 Å². The standard InChI is InChI=1S/C12H32N2O30P8/c1-3-13(9(45(19,20)21)46(22,23)24)11(49(31,32)33,50(34,35)36)43-5(7(15)16)6(8(17)18)44-12(51(37,38)39,52(40,41)42)14(4-2)10(47(25,26)27)48(28,29)30/h5-6,9-10H,3-4H2,1-2H3,(H,15,16)(H,17,18)(H2,19,20,21)(H2,22,23,24)(H2,25,26,27)(H2,28,29,30)(H2,31,32,33)(H2,34,35,36)(H2,37,38,39)(H2,40,41,42). The van der Waals surface area contributed by atoms with Gasteiger partial charge in [-0.1, -0.05) is 13.8 Å². The van der Waals surface area contributed by atoms with Gasteiger partial charge in [-0.2, -0.15) is 0 Å². The Balaban J connectivity index is 8.79. The summed E-state index contributed by atoms with van der Waals surface area (Å²) in [5, 5.41) is 8.52. The van der Waals surface area contributed by atoms with E-state index >= 15 is 0 Å². The molecule has 40 heteroatoms. The molecule has 0 aromatic carbocycles. The minimum atomic E-state index is -7.44. The van der Waals surface area contributed by atoms with Crippen molar-refractivity contribution >= 4 is 72.7 Å². The van der Waals surface area contributed by atoms with Gasteiger partial charge in [-0.3, -0.25) is 36.5 Å². The quantitative estimate of drug-likeness (QED) is 0.0383. The van der Waals surface area contributed by atoms with E-state index in [1.807, 2.05) is 0 Å². The fraction of sp³-hybridized carbons (Fsp3) is 0.833. The third-order valence-corrected chi connectivity index (χ3v) is 20.8. The zero-order valence-electron chi connectivity index (χ0n) is 25.1. The molecule has 2 atom stereocenters. The van der Waals surface area contributed by atoms with Crippen LogP contribution in [-0.4, -0.2) is 157 Å². The summed E-state index contributed by atoms with van der Waals surface area (Å²) < 4.78 is 108. The van der Waals surface area contributed by atoms with Crippen LogP contribution in [-0.2, 0) is 55.6 Å². The summed E-state index contributed by atoms with van der Waals surface area (Å²) in [6.45, 7) is -2.96. The molecule has 0 amide bonds. The molecule has 0 aliphatic rings. The van der Waals surface area contributed by atoms with E-state index in [4.69, 9.17) is 0 Å². The molecule has 0 aliphatic heterocycles. The highest BCUT2D eigenvalue weighted by molar-refractivity contribution is 7.74. The molecule has 0 fully saturated rings. The van der Waals surface area contributed by atoms with E-state index in [9.17, 15) is 135 Å². The predicted octanol–water partition coefficient (Wildman–Crippen LogP) is -4.22. The summed E-state index contributed by atoms with van der Waals surface area (Å²) in [5.41, 5.74) is -8.31. The molecule has 52 heavy (non-hydrogen) atoms. The largest absolute Gasteiger partial charge is 0.479 e. The first-order valence-electron chi connectivity index (χ1n) is 12.2.